The minimum absolute atomic E-state index is 0.00240. The van der Waals surface area contributed by atoms with Crippen molar-refractivity contribution in [1.82, 2.24) is 10.3 Å². The molecule has 11 heteroatoms. The fourth-order valence-corrected chi connectivity index (χ4v) is 2.90. The van der Waals surface area contributed by atoms with Crippen molar-refractivity contribution in [2.45, 2.75) is 45.0 Å². The lowest BCUT2D eigenvalue weighted by atomic mass is 9.91. The third kappa shape index (κ3) is 5.65. The number of amides is 1. The molecular weight excluding hydrogens is 436 g/mol. The molecule has 174 valence electrons. The van der Waals surface area contributed by atoms with Gasteiger partial charge in [0.05, 0.1) is 12.7 Å². The monoisotopic (exact) mass is 458 g/mol. The van der Waals surface area contributed by atoms with Gasteiger partial charge in [0.25, 0.3) is 5.91 Å². The topological polar surface area (TPSA) is 97.8 Å². The molecule has 0 spiro atoms. The van der Waals surface area contributed by atoms with Crippen LogP contribution in [0.25, 0.3) is 0 Å². The first kappa shape index (κ1) is 24.9. The fourth-order valence-electron chi connectivity index (χ4n) is 2.90. The summed E-state index contributed by atoms with van der Waals surface area (Å²) in [5, 5.41) is 12.3. The molecule has 0 aliphatic heterocycles. The summed E-state index contributed by atoms with van der Waals surface area (Å²) < 4.78 is 63.3. The molecular formula is C21H22F4N2O5. The lowest BCUT2D eigenvalue weighted by molar-refractivity contribution is -0.151. The molecule has 32 heavy (non-hydrogen) atoms. The molecule has 0 aliphatic rings. The number of benzene rings is 1. The number of aromatic hydroxyl groups is 1. The zero-order chi connectivity index (χ0) is 24.2. The van der Waals surface area contributed by atoms with E-state index in [4.69, 9.17) is 9.47 Å². The van der Waals surface area contributed by atoms with Crippen LogP contribution in [-0.4, -0.2) is 41.2 Å². The first-order chi connectivity index (χ1) is 14.9. The smallest absolute Gasteiger partial charge is 0.416 e. The standard InChI is InChI=1S/C21H22F4N2O5/c1-10(14-6-5-13(22)9-15(14)21(23,24)25)12(3)32-20(30)11(2)27-19(29)17-18(28)16(31-4)7-8-26-17/h5-12,28H,1-4H3,(H,27,29)/t10-,11-,12+/m0/s1. The largest absolute Gasteiger partial charge is 0.503 e. The van der Waals surface area contributed by atoms with E-state index in [1.54, 1.807) is 0 Å². The van der Waals surface area contributed by atoms with Gasteiger partial charge in [-0.25, -0.2) is 14.2 Å². The summed E-state index contributed by atoms with van der Waals surface area (Å²) >= 11 is 0. The minimum Gasteiger partial charge on any atom is -0.503 e. The van der Waals surface area contributed by atoms with Gasteiger partial charge in [-0.05, 0) is 31.5 Å². The molecule has 0 saturated carbocycles. The van der Waals surface area contributed by atoms with Crippen LogP contribution in [0.4, 0.5) is 17.6 Å². The number of pyridine rings is 1. The van der Waals surface area contributed by atoms with Crippen molar-refractivity contribution >= 4 is 11.9 Å². The Kier molecular flexibility index (Phi) is 7.65. The molecule has 2 aromatic rings. The molecule has 1 heterocycles. The van der Waals surface area contributed by atoms with Crippen LogP contribution in [0.15, 0.2) is 30.5 Å². The maximum atomic E-state index is 13.3. The molecule has 0 aliphatic carbocycles. The highest BCUT2D eigenvalue weighted by Gasteiger charge is 2.36. The van der Waals surface area contributed by atoms with Crippen LogP contribution in [0.1, 0.15) is 48.3 Å². The highest BCUT2D eigenvalue weighted by Crippen LogP contribution is 2.37. The Morgan fingerprint density at radius 2 is 1.81 bits per heavy atom. The summed E-state index contributed by atoms with van der Waals surface area (Å²) in [4.78, 5) is 28.4. The van der Waals surface area contributed by atoms with Crippen LogP contribution in [0.5, 0.6) is 11.5 Å². The molecule has 0 radical (unpaired) electrons. The molecule has 0 saturated heterocycles. The van der Waals surface area contributed by atoms with Crippen LogP contribution >= 0.6 is 0 Å². The third-order valence-corrected chi connectivity index (χ3v) is 4.84. The number of ether oxygens (including phenoxy) is 2. The third-order valence-electron chi connectivity index (χ3n) is 4.84. The lowest BCUT2D eigenvalue weighted by Gasteiger charge is -2.25. The van der Waals surface area contributed by atoms with Crippen molar-refractivity contribution in [3.8, 4) is 11.5 Å². The normalized spacial score (nSPS) is 14.2. The number of rotatable bonds is 7. The number of aromatic nitrogens is 1. The predicted octanol–water partition coefficient (Wildman–Crippen LogP) is 3.81. The SMILES string of the molecule is COc1ccnc(C(=O)N[C@@H](C)C(=O)O[C@H](C)[C@H](C)c2ccc(F)cc2C(F)(F)F)c1O. The van der Waals surface area contributed by atoms with Crippen molar-refractivity contribution in [3.05, 3.63) is 53.1 Å². The quantitative estimate of drug-likeness (QED) is 0.484. The second kappa shape index (κ2) is 9.84. The number of carbonyl (C=O) groups excluding carboxylic acids is 2. The number of nitrogens with zero attached hydrogens (tertiary/aromatic N) is 1. The van der Waals surface area contributed by atoms with Crippen LogP contribution in [-0.2, 0) is 15.7 Å². The molecule has 0 unspecified atom stereocenters. The van der Waals surface area contributed by atoms with Gasteiger partial charge in [0, 0.05) is 18.2 Å². The van der Waals surface area contributed by atoms with Crippen molar-refractivity contribution in [2.75, 3.05) is 7.11 Å². The Morgan fingerprint density at radius 3 is 2.41 bits per heavy atom. The van der Waals surface area contributed by atoms with E-state index in [1.165, 1.54) is 40.1 Å². The Bertz CT molecular complexity index is 997. The predicted molar refractivity (Wildman–Crippen MR) is 105 cm³/mol. The minimum atomic E-state index is -4.79. The summed E-state index contributed by atoms with van der Waals surface area (Å²) in [6.45, 7) is 4.09. The number of carbonyl (C=O) groups is 2. The number of hydrogen-bond acceptors (Lipinski definition) is 6. The van der Waals surface area contributed by atoms with E-state index in [1.807, 2.05) is 0 Å². The number of esters is 1. The molecule has 1 aromatic heterocycles. The highest BCUT2D eigenvalue weighted by atomic mass is 19.4. The van der Waals surface area contributed by atoms with Crippen molar-refractivity contribution in [3.63, 3.8) is 0 Å². The zero-order valence-electron chi connectivity index (χ0n) is 17.7. The maximum Gasteiger partial charge on any atom is 0.416 e. The average Bonchev–Trinajstić information content (AvgIpc) is 2.72. The van der Waals surface area contributed by atoms with E-state index in [0.29, 0.717) is 6.07 Å². The number of hydrogen-bond donors (Lipinski definition) is 2. The number of nitrogens with one attached hydrogen (secondary N) is 1. The number of halogens is 4. The zero-order valence-corrected chi connectivity index (χ0v) is 17.7. The molecule has 0 fully saturated rings. The average molecular weight is 458 g/mol. The molecule has 2 N–H and O–H groups in total. The van der Waals surface area contributed by atoms with Crippen molar-refractivity contribution in [2.24, 2.45) is 0 Å². The Morgan fingerprint density at radius 1 is 1.16 bits per heavy atom. The Labute approximate surface area is 181 Å². The van der Waals surface area contributed by atoms with Gasteiger partial charge in [0.1, 0.15) is 18.0 Å². The van der Waals surface area contributed by atoms with Crippen LogP contribution in [0.3, 0.4) is 0 Å². The number of methoxy groups -OCH3 is 1. The van der Waals surface area contributed by atoms with Gasteiger partial charge in [-0.15, -0.1) is 0 Å². The van der Waals surface area contributed by atoms with Crippen LogP contribution in [0, 0.1) is 5.82 Å². The molecule has 1 amide bonds. The lowest BCUT2D eigenvalue weighted by Crippen LogP contribution is -2.41. The maximum absolute atomic E-state index is 13.3. The van der Waals surface area contributed by atoms with Gasteiger partial charge in [0.15, 0.2) is 17.2 Å². The van der Waals surface area contributed by atoms with Gasteiger partial charge in [-0.2, -0.15) is 13.2 Å². The van der Waals surface area contributed by atoms with Crippen molar-refractivity contribution in [1.29, 1.82) is 0 Å². The first-order valence-electron chi connectivity index (χ1n) is 9.46. The summed E-state index contributed by atoms with van der Waals surface area (Å²) in [7, 11) is 1.28. The van der Waals surface area contributed by atoms with Crippen LogP contribution in [0.2, 0.25) is 0 Å². The summed E-state index contributed by atoms with van der Waals surface area (Å²) in [6.07, 6.45) is -4.60. The summed E-state index contributed by atoms with van der Waals surface area (Å²) in [6, 6.07) is 2.40. The number of alkyl halides is 3. The fraction of sp³-hybridized carbons (Fsp3) is 0.381. The highest BCUT2D eigenvalue weighted by molar-refractivity contribution is 5.97. The molecule has 3 atom stereocenters. The first-order valence-corrected chi connectivity index (χ1v) is 9.46. The van der Waals surface area contributed by atoms with E-state index >= 15 is 0 Å². The van der Waals surface area contributed by atoms with E-state index in [2.05, 4.69) is 10.3 Å². The van der Waals surface area contributed by atoms with E-state index in [0.717, 1.165) is 12.1 Å². The van der Waals surface area contributed by atoms with Crippen molar-refractivity contribution < 1.29 is 41.7 Å². The van der Waals surface area contributed by atoms with Gasteiger partial charge in [-0.3, -0.25) is 4.79 Å². The van der Waals surface area contributed by atoms with Crippen LogP contribution < -0.4 is 10.1 Å². The second-order valence-corrected chi connectivity index (χ2v) is 7.07. The van der Waals surface area contributed by atoms with Gasteiger partial charge < -0.3 is 19.9 Å². The summed E-state index contributed by atoms with van der Waals surface area (Å²) in [5.41, 5.74) is -1.78. The van der Waals surface area contributed by atoms with Gasteiger partial charge >= 0.3 is 12.1 Å². The molecule has 2 rings (SSSR count). The Hall–Kier alpha value is -3.37. The molecule has 0 bridgehead atoms. The second-order valence-electron chi connectivity index (χ2n) is 7.07. The van der Waals surface area contributed by atoms with E-state index in [9.17, 15) is 32.3 Å². The summed E-state index contributed by atoms with van der Waals surface area (Å²) in [5.74, 6) is -4.29. The Balaban J connectivity index is 2.10. The van der Waals surface area contributed by atoms with Gasteiger partial charge in [-0.1, -0.05) is 13.0 Å². The van der Waals surface area contributed by atoms with E-state index < -0.39 is 53.2 Å². The molecule has 1 aromatic carbocycles. The van der Waals surface area contributed by atoms with E-state index in [-0.39, 0.29) is 17.0 Å². The van der Waals surface area contributed by atoms with Gasteiger partial charge in [0.2, 0.25) is 0 Å². The molecule has 7 nitrogen and oxygen atoms in total.